The summed E-state index contributed by atoms with van der Waals surface area (Å²) in [5, 5.41) is 16.1. The van der Waals surface area contributed by atoms with Gasteiger partial charge in [-0.05, 0) is 57.5 Å². The Hall–Kier alpha value is -2.15. The summed E-state index contributed by atoms with van der Waals surface area (Å²) >= 11 is 0. The summed E-state index contributed by atoms with van der Waals surface area (Å²) in [4.78, 5) is 15.5. The molecule has 0 radical (unpaired) electrons. The van der Waals surface area contributed by atoms with Crippen LogP contribution in [0.2, 0.25) is 0 Å². The molecule has 128 valence electrons. The van der Waals surface area contributed by atoms with E-state index in [1.807, 2.05) is 18.1 Å². The number of hydrogen-bond donors (Lipinski definition) is 0. The van der Waals surface area contributed by atoms with E-state index in [9.17, 15) is 10.1 Å². The molecule has 1 aromatic heterocycles. The standard InChI is InChI=1S/C17H23N5O2/c1-19-8-6-12(7-9-19)21-16-11-20(2)17-13(14(16)10-18-21)4-3-5-15(17)22(23)24/h5,10,12H,3-4,6-9,11H2,1-2H3. The number of likely N-dealkylation sites (N-methyl/N-ethyl adjacent to an activating group) is 1. The van der Waals surface area contributed by atoms with Crippen molar-refractivity contribution in [3.63, 3.8) is 0 Å². The quantitative estimate of drug-likeness (QED) is 0.615. The molecule has 0 amide bonds. The van der Waals surface area contributed by atoms with Crippen molar-refractivity contribution < 1.29 is 4.92 Å². The summed E-state index contributed by atoms with van der Waals surface area (Å²) in [5.74, 6) is 0. The van der Waals surface area contributed by atoms with Gasteiger partial charge in [0.1, 0.15) is 5.70 Å². The Labute approximate surface area is 141 Å². The summed E-state index contributed by atoms with van der Waals surface area (Å²) < 4.78 is 2.19. The maximum absolute atomic E-state index is 11.4. The monoisotopic (exact) mass is 329 g/mol. The normalized spacial score (nSPS) is 22.2. The van der Waals surface area contributed by atoms with Gasteiger partial charge in [-0.3, -0.25) is 14.8 Å². The van der Waals surface area contributed by atoms with E-state index in [1.165, 1.54) is 5.69 Å². The first kappa shape index (κ1) is 15.4. The van der Waals surface area contributed by atoms with Crippen LogP contribution < -0.4 is 0 Å². The lowest BCUT2D eigenvalue weighted by molar-refractivity contribution is -0.423. The molecule has 1 fully saturated rings. The van der Waals surface area contributed by atoms with E-state index in [-0.39, 0.29) is 10.6 Å². The number of rotatable bonds is 2. The highest BCUT2D eigenvalue weighted by Gasteiger charge is 2.35. The van der Waals surface area contributed by atoms with Gasteiger partial charge in [-0.25, -0.2) is 0 Å². The van der Waals surface area contributed by atoms with Crippen molar-refractivity contribution in [1.29, 1.82) is 0 Å². The molecule has 24 heavy (non-hydrogen) atoms. The molecule has 0 saturated carbocycles. The lowest BCUT2D eigenvalue weighted by Crippen LogP contribution is -2.34. The first-order valence-electron chi connectivity index (χ1n) is 8.60. The molecule has 7 heteroatoms. The Morgan fingerprint density at radius 1 is 1.29 bits per heavy atom. The Kier molecular flexibility index (Phi) is 3.68. The van der Waals surface area contributed by atoms with E-state index in [4.69, 9.17) is 0 Å². The summed E-state index contributed by atoms with van der Waals surface area (Å²) in [7, 11) is 4.11. The van der Waals surface area contributed by atoms with Crippen LogP contribution in [0.3, 0.4) is 0 Å². The van der Waals surface area contributed by atoms with E-state index in [0.717, 1.165) is 55.6 Å². The van der Waals surface area contributed by atoms with Crippen molar-refractivity contribution >= 4 is 5.57 Å². The summed E-state index contributed by atoms with van der Waals surface area (Å²) in [6.45, 7) is 2.88. The number of hydrogen-bond acceptors (Lipinski definition) is 5. The third-order valence-corrected chi connectivity index (χ3v) is 5.48. The SMILES string of the molecule is CN1CCC(n2ncc3c2CN(C)C2=C3CCC=C2[N+](=O)[O-])CC1. The van der Waals surface area contributed by atoms with Crippen LogP contribution in [0.4, 0.5) is 0 Å². The maximum Gasteiger partial charge on any atom is 0.288 e. The molecule has 2 aliphatic heterocycles. The fourth-order valence-electron chi connectivity index (χ4n) is 4.23. The second-order valence-corrected chi connectivity index (χ2v) is 7.05. The predicted octanol–water partition coefficient (Wildman–Crippen LogP) is 2.26. The number of piperidine rings is 1. The van der Waals surface area contributed by atoms with E-state index in [0.29, 0.717) is 12.6 Å². The highest BCUT2D eigenvalue weighted by Crippen LogP contribution is 2.41. The van der Waals surface area contributed by atoms with E-state index < -0.39 is 0 Å². The van der Waals surface area contributed by atoms with Gasteiger partial charge in [-0.2, -0.15) is 5.10 Å². The molecule has 0 atom stereocenters. The van der Waals surface area contributed by atoms with Gasteiger partial charge in [-0.1, -0.05) is 0 Å². The van der Waals surface area contributed by atoms with Crippen LogP contribution >= 0.6 is 0 Å². The average Bonchev–Trinajstić information content (AvgIpc) is 2.99. The summed E-state index contributed by atoms with van der Waals surface area (Å²) in [5.41, 5.74) is 4.45. The Bertz CT molecular complexity index is 740. The molecule has 1 saturated heterocycles. The molecule has 4 rings (SSSR count). The Morgan fingerprint density at radius 3 is 2.75 bits per heavy atom. The fraction of sp³-hybridized carbons (Fsp3) is 0.588. The second-order valence-electron chi connectivity index (χ2n) is 7.05. The lowest BCUT2D eigenvalue weighted by atomic mass is 9.90. The van der Waals surface area contributed by atoms with Gasteiger partial charge in [0.05, 0.1) is 29.4 Å². The third kappa shape index (κ3) is 2.34. The number of likely N-dealkylation sites (tertiary alicyclic amines) is 1. The van der Waals surface area contributed by atoms with Crippen molar-refractivity contribution in [3.8, 4) is 0 Å². The largest absolute Gasteiger partial charge is 0.363 e. The number of nitrogens with zero attached hydrogens (tertiary/aromatic N) is 5. The minimum atomic E-state index is -0.253. The first-order chi connectivity index (χ1) is 11.6. The van der Waals surface area contributed by atoms with Gasteiger partial charge < -0.3 is 9.80 Å². The maximum atomic E-state index is 11.4. The summed E-state index contributed by atoms with van der Waals surface area (Å²) in [6, 6.07) is 0.439. The average molecular weight is 329 g/mol. The predicted molar refractivity (Wildman–Crippen MR) is 90.7 cm³/mol. The van der Waals surface area contributed by atoms with Gasteiger partial charge in [-0.15, -0.1) is 0 Å². The molecule has 0 bridgehead atoms. The second kappa shape index (κ2) is 5.73. The zero-order chi connectivity index (χ0) is 16.8. The van der Waals surface area contributed by atoms with Gasteiger partial charge >= 0.3 is 0 Å². The van der Waals surface area contributed by atoms with Gasteiger partial charge in [0.2, 0.25) is 0 Å². The molecule has 0 aromatic carbocycles. The lowest BCUT2D eigenvalue weighted by Gasteiger charge is -2.34. The number of fused-ring (bicyclic) bond motifs is 2. The molecule has 0 N–H and O–H groups in total. The Morgan fingerprint density at radius 2 is 2.04 bits per heavy atom. The van der Waals surface area contributed by atoms with Gasteiger partial charge in [0.25, 0.3) is 5.70 Å². The number of nitro groups is 1. The van der Waals surface area contributed by atoms with Crippen molar-refractivity contribution in [2.75, 3.05) is 27.2 Å². The summed E-state index contributed by atoms with van der Waals surface area (Å²) in [6.07, 6.45) is 7.48. The third-order valence-electron chi connectivity index (χ3n) is 5.48. The van der Waals surface area contributed by atoms with Crippen molar-refractivity contribution in [2.24, 2.45) is 0 Å². The molecule has 1 aliphatic carbocycles. The van der Waals surface area contributed by atoms with Crippen LogP contribution in [0.1, 0.15) is 43.0 Å². The molecule has 7 nitrogen and oxygen atoms in total. The zero-order valence-corrected chi connectivity index (χ0v) is 14.2. The smallest absolute Gasteiger partial charge is 0.288 e. The first-order valence-corrected chi connectivity index (χ1v) is 8.60. The van der Waals surface area contributed by atoms with E-state index >= 15 is 0 Å². The minimum absolute atomic E-state index is 0.247. The molecule has 3 aliphatic rings. The number of aromatic nitrogens is 2. The van der Waals surface area contributed by atoms with Crippen LogP contribution in [-0.4, -0.2) is 51.7 Å². The molecule has 1 aromatic rings. The van der Waals surface area contributed by atoms with Gasteiger partial charge in [0.15, 0.2) is 0 Å². The number of allylic oxidation sites excluding steroid dienone is 2. The Balaban J connectivity index is 1.73. The van der Waals surface area contributed by atoms with Crippen molar-refractivity contribution in [2.45, 2.75) is 38.3 Å². The van der Waals surface area contributed by atoms with Crippen LogP contribution in [0, 0.1) is 10.1 Å². The minimum Gasteiger partial charge on any atom is -0.363 e. The molecule has 0 unspecified atom stereocenters. The molecule has 0 spiro atoms. The van der Waals surface area contributed by atoms with E-state index in [1.54, 1.807) is 6.08 Å². The van der Waals surface area contributed by atoms with Crippen LogP contribution in [-0.2, 0) is 6.54 Å². The van der Waals surface area contributed by atoms with Crippen LogP contribution in [0.15, 0.2) is 23.7 Å². The molecular weight excluding hydrogens is 306 g/mol. The zero-order valence-electron chi connectivity index (χ0n) is 14.2. The van der Waals surface area contributed by atoms with Crippen LogP contribution in [0.25, 0.3) is 5.57 Å². The van der Waals surface area contributed by atoms with Gasteiger partial charge in [0, 0.05) is 12.6 Å². The molecule has 3 heterocycles. The van der Waals surface area contributed by atoms with Crippen molar-refractivity contribution in [1.82, 2.24) is 19.6 Å². The fourth-order valence-corrected chi connectivity index (χ4v) is 4.23. The molecular formula is C17H23N5O2. The highest BCUT2D eigenvalue weighted by molar-refractivity contribution is 5.75. The highest BCUT2D eigenvalue weighted by atomic mass is 16.6. The van der Waals surface area contributed by atoms with E-state index in [2.05, 4.69) is 21.7 Å². The van der Waals surface area contributed by atoms with Crippen LogP contribution in [0.5, 0.6) is 0 Å². The van der Waals surface area contributed by atoms with Crippen molar-refractivity contribution in [3.05, 3.63) is 45.0 Å². The topological polar surface area (TPSA) is 67.4 Å².